The largest absolute Gasteiger partial charge is 0.484 e. The molecule has 1 N–H and O–H groups in total. The summed E-state index contributed by atoms with van der Waals surface area (Å²) < 4.78 is 5.66. The number of amides is 2. The second-order valence-corrected chi connectivity index (χ2v) is 7.39. The summed E-state index contributed by atoms with van der Waals surface area (Å²) in [5.41, 5.74) is 2.05. The Morgan fingerprint density at radius 2 is 1.79 bits per heavy atom. The highest BCUT2D eigenvalue weighted by atomic mass is 35.5. The third kappa shape index (κ3) is 5.99. The van der Waals surface area contributed by atoms with E-state index in [1.54, 1.807) is 26.1 Å². The van der Waals surface area contributed by atoms with Crippen molar-refractivity contribution in [3.8, 4) is 5.75 Å². The quantitative estimate of drug-likeness (QED) is 0.725. The average Bonchev–Trinajstić information content (AvgIpc) is 2.69. The van der Waals surface area contributed by atoms with Crippen LogP contribution in [0.25, 0.3) is 0 Å². The Labute approximate surface area is 171 Å². The number of likely N-dealkylation sites (N-methyl/N-ethyl adjacent to an activating group) is 1. The van der Waals surface area contributed by atoms with Crippen molar-refractivity contribution in [2.45, 2.75) is 39.3 Å². The van der Waals surface area contributed by atoms with Gasteiger partial charge in [0.05, 0.1) is 0 Å². The van der Waals surface area contributed by atoms with Crippen LogP contribution in [0.15, 0.2) is 48.5 Å². The zero-order chi connectivity index (χ0) is 20.7. The first-order chi connectivity index (χ1) is 13.3. The van der Waals surface area contributed by atoms with E-state index in [9.17, 15) is 9.59 Å². The fraction of sp³-hybridized carbons (Fsp3) is 0.364. The Kier molecular flexibility index (Phi) is 7.88. The number of rotatable bonds is 8. The molecule has 0 heterocycles. The highest BCUT2D eigenvalue weighted by Crippen LogP contribution is 2.19. The third-order valence-corrected chi connectivity index (χ3v) is 4.80. The van der Waals surface area contributed by atoms with Gasteiger partial charge in [-0.3, -0.25) is 9.59 Å². The predicted octanol–water partition coefficient (Wildman–Crippen LogP) is 4.01. The monoisotopic (exact) mass is 402 g/mol. The molecule has 0 saturated carbocycles. The first-order valence-corrected chi connectivity index (χ1v) is 9.68. The first-order valence-electron chi connectivity index (χ1n) is 9.30. The summed E-state index contributed by atoms with van der Waals surface area (Å²) in [6.07, 6.45) is 0. The molecule has 0 aromatic heterocycles. The highest BCUT2D eigenvalue weighted by Gasteiger charge is 2.25. The van der Waals surface area contributed by atoms with Crippen molar-refractivity contribution >= 4 is 23.4 Å². The van der Waals surface area contributed by atoms with Gasteiger partial charge in [-0.2, -0.15) is 0 Å². The summed E-state index contributed by atoms with van der Waals surface area (Å²) in [7, 11) is 1.55. The Bertz CT molecular complexity index is 806. The molecular formula is C22H27ClN2O3. The lowest BCUT2D eigenvalue weighted by atomic mass is 10.0. The van der Waals surface area contributed by atoms with Crippen LogP contribution in [0.5, 0.6) is 5.75 Å². The zero-order valence-corrected chi connectivity index (χ0v) is 17.5. The number of carbonyl (C=O) groups is 2. The van der Waals surface area contributed by atoms with Gasteiger partial charge in [0, 0.05) is 18.6 Å². The molecular weight excluding hydrogens is 376 g/mol. The molecule has 0 aliphatic carbocycles. The van der Waals surface area contributed by atoms with E-state index in [-0.39, 0.29) is 25.0 Å². The van der Waals surface area contributed by atoms with Gasteiger partial charge in [0.1, 0.15) is 11.8 Å². The van der Waals surface area contributed by atoms with Crippen molar-refractivity contribution in [1.82, 2.24) is 10.2 Å². The highest BCUT2D eigenvalue weighted by molar-refractivity contribution is 6.30. The number of nitrogens with one attached hydrogen (secondary N) is 1. The molecule has 2 rings (SSSR count). The lowest BCUT2D eigenvalue weighted by Crippen LogP contribution is -2.48. The maximum absolute atomic E-state index is 12.8. The molecule has 0 fully saturated rings. The number of hydrogen-bond donors (Lipinski definition) is 1. The number of nitrogens with zero attached hydrogens (tertiary/aromatic N) is 1. The Morgan fingerprint density at radius 3 is 2.36 bits per heavy atom. The SMILES string of the molecule is CNC(=O)[C@@H](C)N(Cc1cccc(Cl)c1)C(=O)COc1ccc(C(C)C)cc1. The maximum atomic E-state index is 12.8. The van der Waals surface area contributed by atoms with Gasteiger partial charge in [-0.15, -0.1) is 0 Å². The van der Waals surface area contributed by atoms with E-state index >= 15 is 0 Å². The number of ether oxygens (including phenoxy) is 1. The molecule has 1 atom stereocenters. The van der Waals surface area contributed by atoms with Crippen molar-refractivity contribution in [3.05, 3.63) is 64.7 Å². The van der Waals surface area contributed by atoms with E-state index in [2.05, 4.69) is 19.2 Å². The van der Waals surface area contributed by atoms with Crippen LogP contribution < -0.4 is 10.1 Å². The molecule has 0 bridgehead atoms. The van der Waals surface area contributed by atoms with Crippen LogP contribution in [0.4, 0.5) is 0 Å². The third-order valence-electron chi connectivity index (χ3n) is 4.56. The molecule has 150 valence electrons. The van der Waals surface area contributed by atoms with E-state index in [0.717, 1.165) is 5.56 Å². The number of hydrogen-bond acceptors (Lipinski definition) is 3. The molecule has 0 unspecified atom stereocenters. The zero-order valence-electron chi connectivity index (χ0n) is 16.7. The molecule has 28 heavy (non-hydrogen) atoms. The van der Waals surface area contributed by atoms with Crippen molar-refractivity contribution in [2.24, 2.45) is 0 Å². The van der Waals surface area contributed by atoms with E-state index in [0.29, 0.717) is 16.7 Å². The predicted molar refractivity (Wildman–Crippen MR) is 112 cm³/mol. The van der Waals surface area contributed by atoms with Crippen LogP contribution in [0.1, 0.15) is 37.8 Å². The van der Waals surface area contributed by atoms with Crippen LogP contribution in [0.2, 0.25) is 5.02 Å². The minimum Gasteiger partial charge on any atom is -0.484 e. The molecule has 0 saturated heterocycles. The van der Waals surface area contributed by atoms with E-state index in [4.69, 9.17) is 16.3 Å². The van der Waals surface area contributed by atoms with Gasteiger partial charge in [-0.1, -0.05) is 49.7 Å². The maximum Gasteiger partial charge on any atom is 0.261 e. The van der Waals surface area contributed by atoms with Gasteiger partial charge in [-0.25, -0.2) is 0 Å². The minimum atomic E-state index is -0.636. The fourth-order valence-corrected chi connectivity index (χ4v) is 3.01. The van der Waals surface area contributed by atoms with Gasteiger partial charge < -0.3 is 15.0 Å². The smallest absolute Gasteiger partial charge is 0.261 e. The summed E-state index contributed by atoms with van der Waals surface area (Å²) in [6.45, 7) is 6.05. The molecule has 6 heteroatoms. The van der Waals surface area contributed by atoms with Crippen LogP contribution in [0.3, 0.4) is 0 Å². The lowest BCUT2D eigenvalue weighted by Gasteiger charge is -2.28. The van der Waals surface area contributed by atoms with Crippen LogP contribution in [-0.4, -0.2) is 36.4 Å². The molecule has 2 aromatic rings. The second-order valence-electron chi connectivity index (χ2n) is 6.95. The average molecular weight is 403 g/mol. The van der Waals surface area contributed by atoms with Gasteiger partial charge in [-0.05, 0) is 48.2 Å². The Balaban J connectivity index is 2.10. The Hall–Kier alpha value is -2.53. The van der Waals surface area contributed by atoms with Crippen LogP contribution in [-0.2, 0) is 16.1 Å². The van der Waals surface area contributed by atoms with Crippen molar-refractivity contribution in [3.63, 3.8) is 0 Å². The normalized spacial score (nSPS) is 11.8. The molecule has 0 radical (unpaired) electrons. The summed E-state index contributed by atoms with van der Waals surface area (Å²) in [6, 6.07) is 14.3. The summed E-state index contributed by atoms with van der Waals surface area (Å²) >= 11 is 6.05. The number of carbonyl (C=O) groups excluding carboxylic acids is 2. The van der Waals surface area contributed by atoms with E-state index < -0.39 is 6.04 Å². The van der Waals surface area contributed by atoms with Gasteiger partial charge in [0.2, 0.25) is 5.91 Å². The van der Waals surface area contributed by atoms with Crippen molar-refractivity contribution < 1.29 is 14.3 Å². The molecule has 2 aromatic carbocycles. The summed E-state index contributed by atoms with van der Waals surface area (Å²) in [4.78, 5) is 26.4. The Morgan fingerprint density at radius 1 is 1.11 bits per heavy atom. The van der Waals surface area contributed by atoms with E-state index in [1.807, 2.05) is 36.4 Å². The van der Waals surface area contributed by atoms with Crippen molar-refractivity contribution in [2.75, 3.05) is 13.7 Å². The minimum absolute atomic E-state index is 0.150. The van der Waals surface area contributed by atoms with Crippen molar-refractivity contribution in [1.29, 1.82) is 0 Å². The number of halogens is 1. The van der Waals surface area contributed by atoms with Crippen LogP contribution >= 0.6 is 11.6 Å². The number of benzene rings is 2. The summed E-state index contributed by atoms with van der Waals surface area (Å²) in [5, 5.41) is 3.17. The van der Waals surface area contributed by atoms with Gasteiger partial charge in [0.25, 0.3) is 5.91 Å². The van der Waals surface area contributed by atoms with Gasteiger partial charge >= 0.3 is 0 Å². The van der Waals surface area contributed by atoms with Crippen LogP contribution in [0, 0.1) is 0 Å². The summed E-state index contributed by atoms with van der Waals surface area (Å²) in [5.74, 6) is 0.533. The molecule has 2 amide bonds. The van der Waals surface area contributed by atoms with E-state index in [1.165, 1.54) is 10.5 Å². The standard InChI is InChI=1S/C22H27ClN2O3/c1-15(2)18-8-10-20(11-9-18)28-14-21(26)25(16(3)22(27)24-4)13-17-6-5-7-19(23)12-17/h5-12,15-16H,13-14H2,1-4H3,(H,24,27)/t16-/m1/s1. The molecule has 5 nitrogen and oxygen atoms in total. The second kappa shape index (κ2) is 10.1. The first kappa shape index (κ1) is 21.8. The molecule has 0 aliphatic heterocycles. The topological polar surface area (TPSA) is 58.6 Å². The van der Waals surface area contributed by atoms with Gasteiger partial charge in [0.15, 0.2) is 6.61 Å². The lowest BCUT2D eigenvalue weighted by molar-refractivity contribution is -0.142. The molecule has 0 aliphatic rings. The molecule has 0 spiro atoms. The fourth-order valence-electron chi connectivity index (χ4n) is 2.80.